The number of hydrogen-bond acceptors (Lipinski definition) is 1. The van der Waals surface area contributed by atoms with Crippen LogP contribution in [-0.2, 0) is 0 Å². The summed E-state index contributed by atoms with van der Waals surface area (Å²) in [4.78, 5) is 5.02. The third-order valence-corrected chi connectivity index (χ3v) is 4.34. The Morgan fingerprint density at radius 3 is 2.48 bits per heavy atom. The van der Waals surface area contributed by atoms with E-state index in [0.717, 1.165) is 12.1 Å². The lowest BCUT2D eigenvalue weighted by Crippen LogP contribution is -2.76. The van der Waals surface area contributed by atoms with Crippen LogP contribution in [0, 0.1) is 0 Å². The van der Waals surface area contributed by atoms with Gasteiger partial charge in [0.05, 0.1) is 5.71 Å². The van der Waals surface area contributed by atoms with Gasteiger partial charge in [0.25, 0.3) is 0 Å². The molecule has 4 rings (SSSR count). The summed E-state index contributed by atoms with van der Waals surface area (Å²) in [5.41, 5.74) is 7.67. The van der Waals surface area contributed by atoms with Gasteiger partial charge in [-0.1, -0.05) is 42.5 Å². The normalized spacial score (nSPS) is 17.6. The van der Waals surface area contributed by atoms with Gasteiger partial charge in [0, 0.05) is 23.6 Å². The van der Waals surface area contributed by atoms with Crippen molar-refractivity contribution < 1.29 is 5.32 Å². The van der Waals surface area contributed by atoms with Crippen LogP contribution in [0.5, 0.6) is 0 Å². The summed E-state index contributed by atoms with van der Waals surface area (Å²) in [5, 5.41) is 2.35. The first kappa shape index (κ1) is 12.5. The van der Waals surface area contributed by atoms with Crippen molar-refractivity contribution in [2.24, 2.45) is 4.99 Å². The van der Waals surface area contributed by atoms with Crippen LogP contribution in [0.3, 0.4) is 0 Å². The molecule has 0 radical (unpaired) electrons. The second-order valence-corrected chi connectivity index (χ2v) is 5.74. The van der Waals surface area contributed by atoms with Gasteiger partial charge >= 0.3 is 0 Å². The average molecular weight is 275 g/mol. The molecule has 0 fully saturated rings. The molecule has 1 aliphatic carbocycles. The quantitative estimate of drug-likeness (QED) is 0.766. The number of nitrogens with zero attached hydrogens (tertiary/aromatic N) is 1. The maximum absolute atomic E-state index is 5.02. The van der Waals surface area contributed by atoms with Gasteiger partial charge in [0.1, 0.15) is 11.4 Å². The third-order valence-electron chi connectivity index (χ3n) is 4.34. The van der Waals surface area contributed by atoms with Crippen LogP contribution in [0.1, 0.15) is 31.2 Å². The molecule has 0 saturated heterocycles. The van der Waals surface area contributed by atoms with Crippen LogP contribution in [0.15, 0.2) is 70.9 Å². The molecule has 1 heterocycles. The molecule has 0 unspecified atom stereocenters. The van der Waals surface area contributed by atoms with Crippen LogP contribution in [-0.4, -0.2) is 5.71 Å². The molecule has 2 aliphatic rings. The summed E-state index contributed by atoms with van der Waals surface area (Å²) in [6, 6.07) is 19.1. The highest BCUT2D eigenvalue weighted by molar-refractivity contribution is 6.14. The van der Waals surface area contributed by atoms with E-state index in [1.54, 1.807) is 0 Å². The van der Waals surface area contributed by atoms with E-state index in [1.807, 2.05) is 0 Å². The van der Waals surface area contributed by atoms with E-state index in [1.165, 1.54) is 47.5 Å². The van der Waals surface area contributed by atoms with Crippen molar-refractivity contribution in [3.8, 4) is 0 Å². The molecule has 0 bridgehead atoms. The Morgan fingerprint density at radius 1 is 0.810 bits per heavy atom. The van der Waals surface area contributed by atoms with Crippen LogP contribution < -0.4 is 5.32 Å². The van der Waals surface area contributed by atoms with E-state index < -0.39 is 0 Å². The highest BCUT2D eigenvalue weighted by Gasteiger charge is 2.25. The number of para-hydroxylation sites is 2. The van der Waals surface area contributed by atoms with Crippen molar-refractivity contribution in [3.05, 3.63) is 71.4 Å². The number of nitrogens with two attached hydrogens (primary N) is 1. The second kappa shape index (κ2) is 5.30. The van der Waals surface area contributed by atoms with Gasteiger partial charge in [-0.05, 0) is 25.3 Å². The van der Waals surface area contributed by atoms with Gasteiger partial charge in [-0.25, -0.2) is 4.99 Å². The lowest BCUT2D eigenvalue weighted by atomic mass is 9.90. The molecule has 0 saturated carbocycles. The maximum atomic E-state index is 5.02. The number of aliphatic imine (C=N–C) groups is 1. The molecule has 104 valence electrons. The molecule has 1 aliphatic heterocycles. The summed E-state index contributed by atoms with van der Waals surface area (Å²) >= 11 is 0. The van der Waals surface area contributed by atoms with E-state index in [-0.39, 0.29) is 0 Å². The monoisotopic (exact) mass is 275 g/mol. The first-order valence-electron chi connectivity index (χ1n) is 7.72. The maximum Gasteiger partial charge on any atom is 0.160 e. The van der Waals surface area contributed by atoms with Gasteiger partial charge in [-0.15, -0.1) is 0 Å². The van der Waals surface area contributed by atoms with Crippen LogP contribution in [0.4, 0.5) is 11.4 Å². The molecule has 0 amide bonds. The van der Waals surface area contributed by atoms with Crippen molar-refractivity contribution >= 4 is 17.1 Å². The lowest BCUT2D eigenvalue weighted by Gasteiger charge is -2.17. The van der Waals surface area contributed by atoms with Gasteiger partial charge < -0.3 is 0 Å². The molecule has 2 heteroatoms. The number of allylic oxidation sites excluding steroid dienone is 2. The summed E-state index contributed by atoms with van der Waals surface area (Å²) in [6.45, 7) is 0. The Kier molecular flexibility index (Phi) is 3.17. The minimum Gasteiger partial charge on any atom is -0.283 e. The van der Waals surface area contributed by atoms with Crippen LogP contribution in [0.25, 0.3) is 0 Å². The van der Waals surface area contributed by atoms with Crippen molar-refractivity contribution in [2.45, 2.75) is 25.7 Å². The zero-order chi connectivity index (χ0) is 14.1. The predicted molar refractivity (Wildman–Crippen MR) is 86.2 cm³/mol. The minimum absolute atomic E-state index is 1.09. The fourth-order valence-electron chi connectivity index (χ4n) is 3.28. The van der Waals surface area contributed by atoms with E-state index >= 15 is 0 Å². The van der Waals surface area contributed by atoms with E-state index in [0.29, 0.717) is 0 Å². The Hall–Kier alpha value is -2.19. The lowest BCUT2D eigenvalue weighted by molar-refractivity contribution is -0.520. The van der Waals surface area contributed by atoms with Gasteiger partial charge in [-0.2, -0.15) is 0 Å². The van der Waals surface area contributed by atoms with Gasteiger partial charge in [0.2, 0.25) is 0 Å². The van der Waals surface area contributed by atoms with Crippen LogP contribution in [0.2, 0.25) is 0 Å². The number of quaternary nitrogens is 1. The van der Waals surface area contributed by atoms with E-state index in [2.05, 4.69) is 59.9 Å². The molecule has 21 heavy (non-hydrogen) atoms. The molecule has 2 aromatic carbocycles. The third kappa shape index (κ3) is 2.32. The number of fused-ring (bicyclic) bond motifs is 1. The Bertz CT molecular complexity index is 726. The molecule has 0 spiro atoms. The Morgan fingerprint density at radius 2 is 1.57 bits per heavy atom. The number of rotatable bonds is 1. The zero-order valence-corrected chi connectivity index (χ0v) is 12.0. The zero-order valence-electron chi connectivity index (χ0n) is 12.0. The summed E-state index contributed by atoms with van der Waals surface area (Å²) < 4.78 is 0. The molecule has 2 N–H and O–H groups in total. The predicted octanol–water partition coefficient (Wildman–Crippen LogP) is 3.84. The number of hydrogen-bond donors (Lipinski definition) is 1. The van der Waals surface area contributed by atoms with Gasteiger partial charge in [0.15, 0.2) is 5.69 Å². The minimum atomic E-state index is 1.09. The van der Waals surface area contributed by atoms with Crippen molar-refractivity contribution in [1.82, 2.24) is 0 Å². The SMILES string of the molecule is c1ccc(C2=Nc3ccccc3[NH2+]C3=C2CCCC3)cc1. The Labute approximate surface area is 125 Å². The van der Waals surface area contributed by atoms with Crippen LogP contribution >= 0.6 is 0 Å². The van der Waals surface area contributed by atoms with Crippen molar-refractivity contribution in [2.75, 3.05) is 0 Å². The number of benzene rings is 2. The summed E-state index contributed by atoms with van der Waals surface area (Å²) in [5.74, 6) is 0. The topological polar surface area (TPSA) is 29.0 Å². The summed E-state index contributed by atoms with van der Waals surface area (Å²) in [6.07, 6.45) is 4.89. The largest absolute Gasteiger partial charge is 0.283 e. The standard InChI is InChI=1S/C19H18N2/c1-2-8-14(9-3-1)19-15-10-4-5-11-16(15)20-17-12-6-7-13-18(17)21-19/h1-3,6-9,12-13,20H,4-5,10-11H2/p+1. The second-order valence-electron chi connectivity index (χ2n) is 5.74. The Balaban J connectivity index is 1.93. The summed E-state index contributed by atoms with van der Waals surface area (Å²) in [7, 11) is 0. The highest BCUT2D eigenvalue weighted by Crippen LogP contribution is 2.32. The molecular weight excluding hydrogens is 256 g/mol. The molecule has 0 aromatic heterocycles. The average Bonchev–Trinajstić information content (AvgIpc) is 2.72. The van der Waals surface area contributed by atoms with Gasteiger partial charge in [-0.3, -0.25) is 5.32 Å². The first-order chi connectivity index (χ1) is 10.4. The molecular formula is C19H19N2+. The molecule has 0 atom stereocenters. The highest BCUT2D eigenvalue weighted by atomic mass is 15.0. The van der Waals surface area contributed by atoms with E-state index in [9.17, 15) is 0 Å². The van der Waals surface area contributed by atoms with Crippen molar-refractivity contribution in [3.63, 3.8) is 0 Å². The smallest absolute Gasteiger partial charge is 0.160 e. The first-order valence-corrected chi connectivity index (χ1v) is 7.72. The molecule has 2 aromatic rings. The fraction of sp³-hybridized carbons (Fsp3) is 0.211. The fourth-order valence-corrected chi connectivity index (χ4v) is 3.28. The van der Waals surface area contributed by atoms with E-state index in [4.69, 9.17) is 4.99 Å². The molecule has 2 nitrogen and oxygen atoms in total. The van der Waals surface area contributed by atoms with Crippen molar-refractivity contribution in [1.29, 1.82) is 0 Å².